The second kappa shape index (κ2) is 12.1. The van der Waals surface area contributed by atoms with Gasteiger partial charge in [0.05, 0.1) is 33.7 Å². The fraction of sp³-hybridized carbons (Fsp3) is 0.279. The third-order valence-electron chi connectivity index (χ3n) is 12.4. The van der Waals surface area contributed by atoms with Crippen LogP contribution in [0.2, 0.25) is 5.02 Å². The van der Waals surface area contributed by atoms with Gasteiger partial charge in [0.25, 0.3) is 0 Å². The molecule has 0 spiro atoms. The number of carbonyl (C=O) groups is 4. The molecule has 4 amide bonds. The van der Waals surface area contributed by atoms with Crippen LogP contribution < -0.4 is 9.80 Å². The zero-order valence-corrected chi connectivity index (χ0v) is 31.7. The molecule has 4 heterocycles. The van der Waals surface area contributed by atoms with Gasteiger partial charge in [0, 0.05) is 28.8 Å². The lowest BCUT2D eigenvalue weighted by Crippen LogP contribution is -2.49. The molecular weight excluding hydrogens is 720 g/mol. The van der Waals surface area contributed by atoms with Gasteiger partial charge in [-0.25, -0.2) is 4.90 Å². The van der Waals surface area contributed by atoms with Gasteiger partial charge >= 0.3 is 0 Å². The Kier molecular flexibility index (Phi) is 7.72. The molecular formula is C43H37ClN4O5S. The second-order valence-corrected chi connectivity index (χ2v) is 16.7. The number of thiophene rings is 1. The summed E-state index contributed by atoms with van der Waals surface area (Å²) in [6.07, 6.45) is 4.32. The average Bonchev–Trinajstić information content (AvgIpc) is 3.83. The van der Waals surface area contributed by atoms with Gasteiger partial charge in [0.15, 0.2) is 0 Å². The summed E-state index contributed by atoms with van der Waals surface area (Å²) < 4.78 is 2.64. The van der Waals surface area contributed by atoms with Crippen LogP contribution in [0.25, 0.3) is 26.7 Å². The lowest BCUT2D eigenvalue weighted by molar-refractivity contribution is -0.131. The van der Waals surface area contributed by atoms with E-state index >= 15 is 4.79 Å². The highest BCUT2D eigenvalue weighted by molar-refractivity contribution is 7.22. The van der Waals surface area contributed by atoms with Crippen molar-refractivity contribution in [3.8, 4) is 16.3 Å². The number of phenolic OH excluding ortho intramolecular Hbond substituents is 1. The van der Waals surface area contributed by atoms with Crippen molar-refractivity contribution < 1.29 is 24.3 Å². The maximum absolute atomic E-state index is 15.1. The highest BCUT2D eigenvalue weighted by atomic mass is 35.5. The van der Waals surface area contributed by atoms with Gasteiger partial charge in [-0.1, -0.05) is 60.2 Å². The quantitative estimate of drug-likeness (QED) is 0.143. The molecule has 1 N–H and O–H groups in total. The largest absolute Gasteiger partial charge is 0.508 e. The van der Waals surface area contributed by atoms with Crippen molar-refractivity contribution in [1.82, 2.24) is 9.78 Å². The van der Waals surface area contributed by atoms with Crippen LogP contribution in [0.5, 0.6) is 5.75 Å². The molecule has 0 bridgehead atoms. The van der Waals surface area contributed by atoms with E-state index < -0.39 is 35.0 Å². The molecule has 2 aliphatic carbocycles. The monoisotopic (exact) mass is 756 g/mol. The van der Waals surface area contributed by atoms with E-state index in [9.17, 15) is 19.5 Å². The van der Waals surface area contributed by atoms with Gasteiger partial charge in [-0.15, -0.1) is 11.3 Å². The SMILES string of the molecule is C=Cc1ccc(N2C(=O)[C@H]3[C@H](CC=C4[C@H]3C[C@H]3C(=O)N(c5cc(-c6sc7ccc(Cl)cc7c6C)nn5C)C(=O)[C@@]3(C)[C@H]4c3ccc(O)c(C)c3)C2=O)cc1. The zero-order valence-electron chi connectivity index (χ0n) is 30.2. The average molecular weight is 757 g/mol. The maximum atomic E-state index is 15.1. The normalized spacial score (nSPS) is 26.3. The third kappa shape index (κ3) is 4.72. The van der Waals surface area contributed by atoms with Crippen LogP contribution in [0.3, 0.4) is 0 Å². The summed E-state index contributed by atoms with van der Waals surface area (Å²) >= 11 is 7.90. The summed E-state index contributed by atoms with van der Waals surface area (Å²) in [5.74, 6) is -3.87. The number of hydrogen-bond donors (Lipinski definition) is 1. The second-order valence-electron chi connectivity index (χ2n) is 15.2. The van der Waals surface area contributed by atoms with Gasteiger partial charge < -0.3 is 5.11 Å². The molecule has 2 saturated heterocycles. The standard InChI is InChI=1S/C43H37ClN4O5S/c1-6-23-7-11-26(12-8-23)47-39(50)28-14-13-27-30(36(28)41(47)52)19-31-40(51)48(42(53)43(31,4)37(27)24-9-15-33(49)21(2)17-24)35-20-32(45-46(35)5)38-22(3)29-18-25(44)10-16-34(29)54-38/h6-13,15-18,20,28,30-31,36-37,49H,1,14,19H2,2-5H3/t28-,30+,31-,36-,37-,43+/m0/s1. The Balaban J connectivity index is 1.15. The molecule has 11 heteroatoms. The van der Waals surface area contributed by atoms with Crippen LogP contribution in [-0.4, -0.2) is 38.5 Å². The molecule has 1 saturated carbocycles. The van der Waals surface area contributed by atoms with E-state index in [2.05, 4.69) is 6.58 Å². The summed E-state index contributed by atoms with van der Waals surface area (Å²) in [5, 5.41) is 17.0. The van der Waals surface area contributed by atoms with E-state index in [-0.39, 0.29) is 35.8 Å². The third-order valence-corrected chi connectivity index (χ3v) is 14.0. The number of hydrogen-bond acceptors (Lipinski definition) is 7. The number of halogens is 1. The number of phenols is 1. The number of carbonyl (C=O) groups excluding carboxylic acids is 4. The lowest BCUT2D eigenvalue weighted by Gasteiger charge is -2.49. The topological polar surface area (TPSA) is 113 Å². The van der Waals surface area contributed by atoms with E-state index in [1.54, 1.807) is 66.4 Å². The van der Waals surface area contributed by atoms with Crippen LogP contribution in [-0.2, 0) is 26.2 Å². The van der Waals surface area contributed by atoms with Crippen molar-refractivity contribution in [3.63, 3.8) is 0 Å². The molecule has 2 aliphatic heterocycles. The van der Waals surface area contributed by atoms with Crippen molar-refractivity contribution in [2.24, 2.45) is 36.1 Å². The molecule has 0 radical (unpaired) electrons. The number of imide groups is 2. The summed E-state index contributed by atoms with van der Waals surface area (Å²) in [6.45, 7) is 9.48. The molecule has 2 aromatic heterocycles. The number of amides is 4. The van der Waals surface area contributed by atoms with E-state index in [4.69, 9.17) is 16.7 Å². The van der Waals surface area contributed by atoms with Crippen LogP contribution in [0.15, 0.2) is 85.0 Å². The van der Waals surface area contributed by atoms with Crippen LogP contribution >= 0.6 is 22.9 Å². The van der Waals surface area contributed by atoms with Gasteiger partial charge in [-0.2, -0.15) is 5.10 Å². The Morgan fingerprint density at radius 2 is 1.70 bits per heavy atom. The fourth-order valence-electron chi connectivity index (χ4n) is 9.70. The minimum absolute atomic E-state index is 0.122. The van der Waals surface area contributed by atoms with E-state index in [1.807, 2.05) is 56.3 Å². The first kappa shape index (κ1) is 34.4. The fourth-order valence-corrected chi connectivity index (χ4v) is 11.0. The molecule has 5 aromatic rings. The molecule has 9 nitrogen and oxygen atoms in total. The smallest absolute Gasteiger partial charge is 0.242 e. The van der Waals surface area contributed by atoms with Gasteiger partial charge in [0.2, 0.25) is 23.6 Å². The number of benzene rings is 3. The minimum atomic E-state index is -1.23. The molecule has 9 rings (SSSR count). The van der Waals surface area contributed by atoms with Crippen LogP contribution in [0.4, 0.5) is 11.5 Å². The number of nitrogens with zero attached hydrogens (tertiary/aromatic N) is 4. The summed E-state index contributed by atoms with van der Waals surface area (Å²) in [6, 6.07) is 20.0. The predicted molar refractivity (Wildman–Crippen MR) is 210 cm³/mol. The number of allylic oxidation sites excluding steroid dienone is 2. The molecule has 272 valence electrons. The van der Waals surface area contributed by atoms with Crippen LogP contribution in [0.1, 0.15) is 47.9 Å². The Morgan fingerprint density at radius 1 is 0.944 bits per heavy atom. The first-order chi connectivity index (χ1) is 25.8. The zero-order chi connectivity index (χ0) is 38.0. The summed E-state index contributed by atoms with van der Waals surface area (Å²) in [5.41, 5.74) is 4.09. The Hall–Kier alpha value is -5.32. The van der Waals surface area contributed by atoms with Crippen molar-refractivity contribution in [3.05, 3.63) is 112 Å². The summed E-state index contributed by atoms with van der Waals surface area (Å²) in [7, 11) is 1.73. The van der Waals surface area contributed by atoms with Gasteiger partial charge in [-0.05, 0) is 104 Å². The number of aromatic nitrogens is 2. The van der Waals surface area contributed by atoms with Crippen molar-refractivity contribution in [2.75, 3.05) is 9.80 Å². The van der Waals surface area contributed by atoms with Gasteiger partial charge in [-0.3, -0.25) is 28.8 Å². The Morgan fingerprint density at radius 3 is 2.43 bits per heavy atom. The molecule has 0 unspecified atom stereocenters. The number of fused-ring (bicyclic) bond motifs is 5. The first-order valence-electron chi connectivity index (χ1n) is 18.0. The Labute approximate surface area is 321 Å². The van der Waals surface area contributed by atoms with E-state index in [1.165, 1.54) is 9.80 Å². The summed E-state index contributed by atoms with van der Waals surface area (Å²) in [4.78, 5) is 61.9. The Bertz CT molecular complexity index is 2530. The van der Waals surface area contributed by atoms with E-state index in [0.717, 1.165) is 37.2 Å². The van der Waals surface area contributed by atoms with E-state index in [0.29, 0.717) is 34.2 Å². The number of aryl methyl sites for hydroxylation is 3. The van der Waals surface area contributed by atoms with Crippen molar-refractivity contribution in [2.45, 2.75) is 39.5 Å². The highest BCUT2D eigenvalue weighted by Crippen LogP contribution is 2.64. The first-order valence-corrected chi connectivity index (χ1v) is 19.2. The lowest BCUT2D eigenvalue weighted by atomic mass is 9.51. The molecule has 4 aliphatic rings. The number of anilines is 2. The maximum Gasteiger partial charge on any atom is 0.242 e. The molecule has 3 fully saturated rings. The van der Waals surface area contributed by atoms with Crippen molar-refractivity contribution in [1.29, 1.82) is 0 Å². The highest BCUT2D eigenvalue weighted by Gasteiger charge is 2.68. The molecule has 6 atom stereocenters. The van der Waals surface area contributed by atoms with Crippen molar-refractivity contribution >= 4 is 74.2 Å². The van der Waals surface area contributed by atoms with Crippen LogP contribution in [0, 0.1) is 42.9 Å². The molecule has 54 heavy (non-hydrogen) atoms. The van der Waals surface area contributed by atoms with Gasteiger partial charge in [0.1, 0.15) is 17.3 Å². The minimum Gasteiger partial charge on any atom is -0.508 e. The molecule has 3 aromatic carbocycles. The number of rotatable bonds is 5. The number of aromatic hydroxyl groups is 1. The predicted octanol–water partition coefficient (Wildman–Crippen LogP) is 8.36.